The van der Waals surface area contributed by atoms with Crippen LogP contribution in [0.15, 0.2) is 18.2 Å². The number of hydrogen-bond acceptors (Lipinski definition) is 4. The lowest BCUT2D eigenvalue weighted by atomic mass is 9.89. The molecule has 0 amide bonds. The highest BCUT2D eigenvalue weighted by molar-refractivity contribution is 6.37. The fourth-order valence-corrected chi connectivity index (χ4v) is 2.46. The van der Waals surface area contributed by atoms with E-state index in [0.717, 1.165) is 19.8 Å². The summed E-state index contributed by atoms with van der Waals surface area (Å²) in [7, 11) is 0. The minimum Gasteiger partial charge on any atom is -0.488 e. The Morgan fingerprint density at radius 3 is 2.60 bits per heavy atom. The number of hydrogen-bond donors (Lipinski definition) is 2. The SMILES string of the molecule is CC1(CNCC(O)COc2c(Cl)cccc2Cl)COC1. The molecule has 0 spiro atoms. The third-order valence-electron chi connectivity index (χ3n) is 3.17. The molecule has 1 aliphatic heterocycles. The van der Waals surface area contributed by atoms with Gasteiger partial charge in [0.15, 0.2) is 5.75 Å². The van der Waals surface area contributed by atoms with Crippen LogP contribution in [0.5, 0.6) is 5.75 Å². The van der Waals surface area contributed by atoms with Crippen molar-refractivity contribution >= 4 is 23.2 Å². The van der Waals surface area contributed by atoms with E-state index in [1.165, 1.54) is 0 Å². The topological polar surface area (TPSA) is 50.7 Å². The number of ether oxygens (including phenoxy) is 2. The van der Waals surface area contributed by atoms with E-state index in [4.69, 9.17) is 32.7 Å². The lowest BCUT2D eigenvalue weighted by Gasteiger charge is -2.38. The molecule has 0 saturated carbocycles. The Labute approximate surface area is 129 Å². The van der Waals surface area contributed by atoms with Crippen LogP contribution in [0.25, 0.3) is 0 Å². The molecule has 1 aromatic carbocycles. The van der Waals surface area contributed by atoms with Gasteiger partial charge < -0.3 is 19.9 Å². The normalized spacial score (nSPS) is 18.4. The zero-order chi connectivity index (χ0) is 14.6. The summed E-state index contributed by atoms with van der Waals surface area (Å²) < 4.78 is 10.6. The molecule has 1 heterocycles. The van der Waals surface area contributed by atoms with Gasteiger partial charge in [0.05, 0.1) is 23.3 Å². The van der Waals surface area contributed by atoms with Crippen LogP contribution < -0.4 is 10.1 Å². The molecule has 4 nitrogen and oxygen atoms in total. The van der Waals surface area contributed by atoms with Crippen LogP contribution in [-0.4, -0.2) is 44.1 Å². The molecule has 20 heavy (non-hydrogen) atoms. The van der Waals surface area contributed by atoms with Crippen molar-refractivity contribution in [3.63, 3.8) is 0 Å². The smallest absolute Gasteiger partial charge is 0.156 e. The second-order valence-corrected chi connectivity index (χ2v) is 6.26. The van der Waals surface area contributed by atoms with Gasteiger partial charge >= 0.3 is 0 Å². The van der Waals surface area contributed by atoms with Gasteiger partial charge in [0.2, 0.25) is 0 Å². The maximum absolute atomic E-state index is 9.87. The summed E-state index contributed by atoms with van der Waals surface area (Å²) in [4.78, 5) is 0. The summed E-state index contributed by atoms with van der Waals surface area (Å²) in [5.41, 5.74) is 0.187. The van der Waals surface area contributed by atoms with Crippen LogP contribution in [0.4, 0.5) is 0 Å². The van der Waals surface area contributed by atoms with E-state index in [2.05, 4.69) is 12.2 Å². The number of para-hydroxylation sites is 1. The quantitative estimate of drug-likeness (QED) is 0.810. The molecule has 1 aromatic rings. The summed E-state index contributed by atoms with van der Waals surface area (Å²) in [6.07, 6.45) is -0.619. The fourth-order valence-electron chi connectivity index (χ4n) is 1.95. The lowest BCUT2D eigenvalue weighted by Crippen LogP contribution is -2.48. The van der Waals surface area contributed by atoms with Crippen LogP contribution in [-0.2, 0) is 4.74 Å². The molecule has 1 unspecified atom stereocenters. The van der Waals surface area contributed by atoms with Crippen molar-refractivity contribution in [3.05, 3.63) is 28.2 Å². The van der Waals surface area contributed by atoms with Crippen molar-refractivity contribution in [1.82, 2.24) is 5.32 Å². The zero-order valence-corrected chi connectivity index (χ0v) is 12.9. The van der Waals surface area contributed by atoms with Gasteiger partial charge in [0.25, 0.3) is 0 Å². The molecule has 1 saturated heterocycles. The van der Waals surface area contributed by atoms with E-state index in [1.807, 2.05) is 0 Å². The Hall–Kier alpha value is -0.520. The van der Waals surface area contributed by atoms with E-state index < -0.39 is 6.10 Å². The first-order valence-corrected chi connectivity index (χ1v) is 7.29. The number of aliphatic hydroxyl groups excluding tert-OH is 1. The summed E-state index contributed by atoms with van der Waals surface area (Å²) in [5, 5.41) is 14.0. The molecule has 6 heteroatoms. The second kappa shape index (κ2) is 6.96. The van der Waals surface area contributed by atoms with Gasteiger partial charge in [-0.3, -0.25) is 0 Å². The Balaban J connectivity index is 1.70. The minimum atomic E-state index is -0.619. The van der Waals surface area contributed by atoms with Gasteiger partial charge in [-0.15, -0.1) is 0 Å². The fraction of sp³-hybridized carbons (Fsp3) is 0.571. The van der Waals surface area contributed by atoms with Crippen LogP contribution in [0, 0.1) is 5.41 Å². The highest BCUT2D eigenvalue weighted by atomic mass is 35.5. The number of halogens is 2. The van der Waals surface area contributed by atoms with E-state index in [0.29, 0.717) is 22.3 Å². The average Bonchev–Trinajstić information content (AvgIpc) is 2.36. The first kappa shape index (κ1) is 15.9. The van der Waals surface area contributed by atoms with Gasteiger partial charge in [-0.2, -0.15) is 0 Å². The van der Waals surface area contributed by atoms with Gasteiger partial charge in [-0.25, -0.2) is 0 Å². The summed E-state index contributed by atoms with van der Waals surface area (Å²) in [5.74, 6) is 0.411. The predicted molar refractivity (Wildman–Crippen MR) is 79.8 cm³/mol. The van der Waals surface area contributed by atoms with Crippen molar-refractivity contribution in [2.45, 2.75) is 13.0 Å². The van der Waals surface area contributed by atoms with E-state index in [1.54, 1.807) is 18.2 Å². The van der Waals surface area contributed by atoms with Crippen LogP contribution in [0.2, 0.25) is 10.0 Å². The lowest BCUT2D eigenvalue weighted by molar-refractivity contribution is -0.0997. The molecule has 112 valence electrons. The molecule has 0 radical (unpaired) electrons. The minimum absolute atomic E-state index is 0.143. The van der Waals surface area contributed by atoms with Crippen LogP contribution >= 0.6 is 23.2 Å². The second-order valence-electron chi connectivity index (χ2n) is 5.45. The van der Waals surface area contributed by atoms with Gasteiger partial charge in [-0.1, -0.05) is 36.2 Å². The summed E-state index contributed by atoms with van der Waals surface area (Å²) in [6, 6.07) is 5.15. The maximum Gasteiger partial charge on any atom is 0.156 e. The van der Waals surface area contributed by atoms with Crippen molar-refractivity contribution < 1.29 is 14.6 Å². The molecule has 2 rings (SSSR count). The molecule has 0 aliphatic carbocycles. The molecule has 1 fully saturated rings. The molecular formula is C14H19Cl2NO3. The standard InChI is InChI=1S/C14H19Cl2NO3/c1-14(8-19-9-14)7-17-5-10(18)6-20-13-11(15)3-2-4-12(13)16/h2-4,10,17-18H,5-9H2,1H3. The van der Waals surface area contributed by atoms with Gasteiger partial charge in [-0.05, 0) is 12.1 Å². The van der Waals surface area contributed by atoms with E-state index >= 15 is 0 Å². The zero-order valence-electron chi connectivity index (χ0n) is 11.4. The molecule has 2 N–H and O–H groups in total. The molecular weight excluding hydrogens is 301 g/mol. The largest absolute Gasteiger partial charge is 0.488 e. The number of nitrogens with one attached hydrogen (secondary N) is 1. The Kier molecular flexibility index (Phi) is 5.52. The Morgan fingerprint density at radius 2 is 2.05 bits per heavy atom. The third-order valence-corrected chi connectivity index (χ3v) is 3.77. The first-order valence-electron chi connectivity index (χ1n) is 6.53. The van der Waals surface area contributed by atoms with E-state index in [9.17, 15) is 5.11 Å². The molecule has 0 bridgehead atoms. The van der Waals surface area contributed by atoms with E-state index in [-0.39, 0.29) is 12.0 Å². The third kappa shape index (κ3) is 4.24. The highest BCUT2D eigenvalue weighted by Crippen LogP contribution is 2.32. The summed E-state index contributed by atoms with van der Waals surface area (Å²) in [6.45, 7) is 5.10. The first-order chi connectivity index (χ1) is 9.50. The average molecular weight is 320 g/mol. The molecule has 1 atom stereocenters. The van der Waals surface area contributed by atoms with Crippen LogP contribution in [0.3, 0.4) is 0 Å². The molecule has 1 aliphatic rings. The Morgan fingerprint density at radius 1 is 1.40 bits per heavy atom. The van der Waals surface area contributed by atoms with Crippen molar-refractivity contribution in [1.29, 1.82) is 0 Å². The number of benzene rings is 1. The van der Waals surface area contributed by atoms with Gasteiger partial charge in [0, 0.05) is 18.5 Å². The predicted octanol–water partition coefficient (Wildman–Crippen LogP) is 2.36. The maximum atomic E-state index is 9.87. The number of rotatable bonds is 7. The van der Waals surface area contributed by atoms with Crippen molar-refractivity contribution in [2.75, 3.05) is 32.9 Å². The highest BCUT2D eigenvalue weighted by Gasteiger charge is 2.32. The number of aliphatic hydroxyl groups is 1. The Bertz CT molecular complexity index is 432. The summed E-state index contributed by atoms with van der Waals surface area (Å²) >= 11 is 12.0. The van der Waals surface area contributed by atoms with Crippen LogP contribution in [0.1, 0.15) is 6.92 Å². The van der Waals surface area contributed by atoms with Crippen molar-refractivity contribution in [3.8, 4) is 5.75 Å². The molecule has 0 aromatic heterocycles. The van der Waals surface area contributed by atoms with Crippen molar-refractivity contribution in [2.24, 2.45) is 5.41 Å². The van der Waals surface area contributed by atoms with Gasteiger partial charge in [0.1, 0.15) is 12.7 Å². The monoisotopic (exact) mass is 319 g/mol.